The van der Waals surface area contributed by atoms with Gasteiger partial charge in [-0.25, -0.2) is 4.39 Å². The molecule has 1 aliphatic heterocycles. The number of carbonyl (C=O) groups is 1. The van der Waals surface area contributed by atoms with Gasteiger partial charge in [0.05, 0.1) is 13.2 Å². The predicted molar refractivity (Wildman–Crippen MR) is 82.8 cm³/mol. The lowest BCUT2D eigenvalue weighted by Gasteiger charge is -2.34. The monoisotopic (exact) mass is 309 g/mol. The van der Waals surface area contributed by atoms with Crippen LogP contribution in [0.2, 0.25) is 0 Å². The molecule has 0 bridgehead atoms. The Hall–Kier alpha value is -1.50. The van der Waals surface area contributed by atoms with Gasteiger partial charge in [-0.3, -0.25) is 14.6 Å². The third-order valence-electron chi connectivity index (χ3n) is 4.00. The minimum Gasteiger partial charge on any atom is -0.395 e. The summed E-state index contributed by atoms with van der Waals surface area (Å²) in [6.07, 6.45) is 0. The lowest BCUT2D eigenvalue weighted by Crippen LogP contribution is -2.50. The maximum absolute atomic E-state index is 12.9. The van der Waals surface area contributed by atoms with Crippen molar-refractivity contribution in [2.75, 3.05) is 52.9 Å². The van der Waals surface area contributed by atoms with Gasteiger partial charge in [0, 0.05) is 46.3 Å². The first kappa shape index (κ1) is 16.9. The molecule has 1 aromatic rings. The van der Waals surface area contributed by atoms with Crippen molar-refractivity contribution < 1.29 is 14.3 Å². The zero-order valence-electron chi connectivity index (χ0n) is 13.0. The molecular formula is C16H24FN3O2. The number of benzene rings is 1. The van der Waals surface area contributed by atoms with Crippen LogP contribution < -0.4 is 0 Å². The standard InChI is InChI=1S/C16H24FN3O2/c1-18(12-14-2-4-15(17)5-3-14)16(22)13-20-8-6-19(7-9-20)10-11-21/h2-5,21H,6-13H2,1H3. The minimum absolute atomic E-state index is 0.0694. The summed E-state index contributed by atoms with van der Waals surface area (Å²) in [6, 6.07) is 6.22. The number of amides is 1. The van der Waals surface area contributed by atoms with Crippen molar-refractivity contribution in [3.05, 3.63) is 35.6 Å². The van der Waals surface area contributed by atoms with Gasteiger partial charge in [-0.1, -0.05) is 12.1 Å². The summed E-state index contributed by atoms with van der Waals surface area (Å²) in [5.74, 6) is -0.196. The van der Waals surface area contributed by atoms with Crippen LogP contribution in [0.5, 0.6) is 0 Å². The molecule has 0 saturated carbocycles. The van der Waals surface area contributed by atoms with Gasteiger partial charge < -0.3 is 10.0 Å². The Labute approximate surface area is 130 Å². The van der Waals surface area contributed by atoms with E-state index >= 15 is 0 Å². The fourth-order valence-electron chi connectivity index (χ4n) is 2.58. The van der Waals surface area contributed by atoms with Crippen molar-refractivity contribution in [3.8, 4) is 0 Å². The Balaban J connectivity index is 1.76. The average molecular weight is 309 g/mol. The largest absolute Gasteiger partial charge is 0.395 e. The second-order valence-corrected chi connectivity index (χ2v) is 5.72. The van der Waals surface area contributed by atoms with Crippen molar-refractivity contribution in [1.29, 1.82) is 0 Å². The second kappa shape index (κ2) is 8.22. The first-order valence-corrected chi connectivity index (χ1v) is 7.62. The van der Waals surface area contributed by atoms with Crippen LogP contribution in [0, 0.1) is 5.82 Å². The molecule has 1 fully saturated rings. The van der Waals surface area contributed by atoms with Crippen LogP contribution in [0.4, 0.5) is 4.39 Å². The summed E-state index contributed by atoms with van der Waals surface area (Å²) in [5, 5.41) is 8.92. The number of hydrogen-bond acceptors (Lipinski definition) is 4. The van der Waals surface area contributed by atoms with E-state index in [9.17, 15) is 9.18 Å². The number of aliphatic hydroxyl groups excluding tert-OH is 1. The molecule has 0 radical (unpaired) electrons. The molecule has 22 heavy (non-hydrogen) atoms. The quantitative estimate of drug-likeness (QED) is 0.826. The lowest BCUT2D eigenvalue weighted by molar-refractivity contribution is -0.132. The van der Waals surface area contributed by atoms with Gasteiger partial charge >= 0.3 is 0 Å². The van der Waals surface area contributed by atoms with E-state index in [-0.39, 0.29) is 18.3 Å². The molecule has 1 aromatic carbocycles. The molecule has 0 atom stereocenters. The van der Waals surface area contributed by atoms with Gasteiger partial charge in [-0.15, -0.1) is 0 Å². The third-order valence-corrected chi connectivity index (χ3v) is 4.00. The number of likely N-dealkylation sites (N-methyl/N-ethyl adjacent to an activating group) is 1. The van der Waals surface area contributed by atoms with Gasteiger partial charge in [0.15, 0.2) is 0 Å². The topological polar surface area (TPSA) is 47.0 Å². The molecule has 1 saturated heterocycles. The number of aliphatic hydroxyl groups is 1. The fourth-order valence-corrected chi connectivity index (χ4v) is 2.58. The van der Waals surface area contributed by atoms with Gasteiger partial charge in [-0.2, -0.15) is 0 Å². The highest BCUT2D eigenvalue weighted by Gasteiger charge is 2.20. The summed E-state index contributed by atoms with van der Waals surface area (Å²) in [7, 11) is 1.77. The number of hydrogen-bond donors (Lipinski definition) is 1. The number of piperazine rings is 1. The number of halogens is 1. The van der Waals surface area contributed by atoms with Gasteiger partial charge in [0.25, 0.3) is 0 Å². The first-order chi connectivity index (χ1) is 10.6. The minimum atomic E-state index is -0.265. The Kier molecular flexibility index (Phi) is 6.30. The number of nitrogens with zero attached hydrogens (tertiary/aromatic N) is 3. The molecule has 0 unspecified atom stereocenters. The third kappa shape index (κ3) is 5.05. The van der Waals surface area contributed by atoms with E-state index in [4.69, 9.17) is 5.11 Å². The van der Waals surface area contributed by atoms with E-state index in [2.05, 4.69) is 9.80 Å². The molecular weight excluding hydrogens is 285 g/mol. The van der Waals surface area contributed by atoms with E-state index in [1.54, 1.807) is 24.1 Å². The smallest absolute Gasteiger partial charge is 0.236 e. The average Bonchev–Trinajstić information content (AvgIpc) is 2.51. The molecule has 0 spiro atoms. The Morgan fingerprint density at radius 2 is 1.77 bits per heavy atom. The summed E-state index contributed by atoms with van der Waals surface area (Å²) in [4.78, 5) is 18.3. The van der Waals surface area contributed by atoms with E-state index in [0.717, 1.165) is 31.7 Å². The van der Waals surface area contributed by atoms with Crippen LogP contribution >= 0.6 is 0 Å². The summed E-state index contributed by atoms with van der Waals surface area (Å²) in [6.45, 7) is 5.23. The highest BCUT2D eigenvalue weighted by Crippen LogP contribution is 2.07. The molecule has 122 valence electrons. The Morgan fingerprint density at radius 1 is 1.18 bits per heavy atom. The lowest BCUT2D eigenvalue weighted by atomic mass is 10.2. The highest BCUT2D eigenvalue weighted by molar-refractivity contribution is 5.78. The van der Waals surface area contributed by atoms with Crippen LogP contribution in [0.25, 0.3) is 0 Å². The SMILES string of the molecule is CN(Cc1ccc(F)cc1)C(=O)CN1CCN(CCO)CC1. The Morgan fingerprint density at radius 3 is 2.36 bits per heavy atom. The molecule has 1 amide bonds. The normalized spacial score (nSPS) is 16.7. The van der Waals surface area contributed by atoms with Crippen LogP contribution in [0.1, 0.15) is 5.56 Å². The van der Waals surface area contributed by atoms with Crippen molar-refractivity contribution in [2.45, 2.75) is 6.54 Å². The molecule has 1 heterocycles. The number of carbonyl (C=O) groups excluding carboxylic acids is 1. The second-order valence-electron chi connectivity index (χ2n) is 5.72. The zero-order chi connectivity index (χ0) is 15.9. The molecule has 0 aliphatic carbocycles. The fraction of sp³-hybridized carbons (Fsp3) is 0.562. The molecule has 5 nitrogen and oxygen atoms in total. The van der Waals surface area contributed by atoms with E-state index < -0.39 is 0 Å². The summed E-state index contributed by atoms with van der Waals surface area (Å²) < 4.78 is 12.9. The summed E-state index contributed by atoms with van der Waals surface area (Å²) >= 11 is 0. The molecule has 0 aromatic heterocycles. The predicted octanol–water partition coefficient (Wildman–Crippen LogP) is 0.394. The van der Waals surface area contributed by atoms with E-state index in [0.29, 0.717) is 19.6 Å². The van der Waals surface area contributed by atoms with Crippen LogP contribution in [-0.2, 0) is 11.3 Å². The van der Waals surface area contributed by atoms with Crippen LogP contribution in [-0.4, -0.2) is 78.6 Å². The molecule has 6 heteroatoms. The van der Waals surface area contributed by atoms with E-state index in [1.807, 2.05) is 0 Å². The maximum Gasteiger partial charge on any atom is 0.236 e. The van der Waals surface area contributed by atoms with Gasteiger partial charge in [0.1, 0.15) is 5.82 Å². The number of β-amino-alcohol motifs (C(OH)–C–C–N with tert-alkyl or cyclic N) is 1. The molecule has 1 N–H and O–H groups in total. The summed E-state index contributed by atoms with van der Waals surface area (Å²) in [5.41, 5.74) is 0.921. The number of rotatable bonds is 6. The van der Waals surface area contributed by atoms with E-state index in [1.165, 1.54) is 12.1 Å². The van der Waals surface area contributed by atoms with Crippen LogP contribution in [0.15, 0.2) is 24.3 Å². The Bertz CT molecular complexity index is 473. The van der Waals surface area contributed by atoms with Gasteiger partial charge in [0.2, 0.25) is 5.91 Å². The molecule has 1 aliphatic rings. The highest BCUT2D eigenvalue weighted by atomic mass is 19.1. The van der Waals surface area contributed by atoms with Crippen molar-refractivity contribution in [1.82, 2.24) is 14.7 Å². The molecule has 2 rings (SSSR count). The van der Waals surface area contributed by atoms with Gasteiger partial charge in [-0.05, 0) is 17.7 Å². The maximum atomic E-state index is 12.9. The van der Waals surface area contributed by atoms with Crippen molar-refractivity contribution >= 4 is 5.91 Å². The zero-order valence-corrected chi connectivity index (χ0v) is 13.0. The van der Waals surface area contributed by atoms with Crippen molar-refractivity contribution in [2.24, 2.45) is 0 Å². The first-order valence-electron chi connectivity index (χ1n) is 7.62. The van der Waals surface area contributed by atoms with Crippen molar-refractivity contribution in [3.63, 3.8) is 0 Å². The van der Waals surface area contributed by atoms with Crippen LogP contribution in [0.3, 0.4) is 0 Å².